The molecule has 0 radical (unpaired) electrons. The lowest BCUT2D eigenvalue weighted by molar-refractivity contribution is -0.137. The summed E-state index contributed by atoms with van der Waals surface area (Å²) in [6.07, 6.45) is -4.50. The largest absolute Gasteiger partial charge is 0.416 e. The van der Waals surface area contributed by atoms with Crippen molar-refractivity contribution in [2.45, 2.75) is 6.18 Å². The summed E-state index contributed by atoms with van der Waals surface area (Å²) in [5, 5.41) is 2.05. The van der Waals surface area contributed by atoms with E-state index in [-0.39, 0.29) is 0 Å². The van der Waals surface area contributed by atoms with E-state index in [1.54, 1.807) is 6.07 Å². The minimum atomic E-state index is -4.50. The SMILES string of the molecule is FC(F)(F)c1cccc(-c2ccc(-c3nc(-c4ccccc4)nc(-c4ccccc4)n3)cc2-n2c3ccccc3c3ccc(-c4ccccc4)cc32)c1. The second-order valence-corrected chi connectivity index (χ2v) is 12.8. The Morgan fingerprint density at radius 1 is 0.377 bits per heavy atom. The molecule has 0 aliphatic heterocycles. The van der Waals surface area contributed by atoms with Crippen molar-refractivity contribution in [1.29, 1.82) is 0 Å². The third kappa shape index (κ3) is 6.02. The van der Waals surface area contributed by atoms with Crippen molar-refractivity contribution in [3.63, 3.8) is 0 Å². The van der Waals surface area contributed by atoms with Crippen molar-refractivity contribution in [1.82, 2.24) is 19.5 Å². The van der Waals surface area contributed by atoms with Crippen molar-refractivity contribution in [3.05, 3.63) is 181 Å². The van der Waals surface area contributed by atoms with Crippen LogP contribution in [0.25, 0.3) is 83.9 Å². The van der Waals surface area contributed by atoms with Crippen molar-refractivity contribution in [2.24, 2.45) is 0 Å². The normalized spacial score (nSPS) is 11.7. The van der Waals surface area contributed by atoms with Crippen molar-refractivity contribution < 1.29 is 13.2 Å². The summed E-state index contributed by atoms with van der Waals surface area (Å²) >= 11 is 0. The summed E-state index contributed by atoms with van der Waals surface area (Å²) in [5.41, 5.74) is 7.35. The lowest BCUT2D eigenvalue weighted by Gasteiger charge is -2.17. The summed E-state index contributed by atoms with van der Waals surface area (Å²) < 4.78 is 44.4. The third-order valence-corrected chi connectivity index (χ3v) is 9.48. The van der Waals surface area contributed by atoms with Crippen LogP contribution in [0.4, 0.5) is 13.2 Å². The maximum Gasteiger partial charge on any atom is 0.416 e. The molecule has 2 aromatic heterocycles. The van der Waals surface area contributed by atoms with E-state index in [0.717, 1.165) is 50.1 Å². The molecule has 0 aliphatic carbocycles. The van der Waals surface area contributed by atoms with Crippen LogP contribution in [0.2, 0.25) is 0 Å². The summed E-state index contributed by atoms with van der Waals surface area (Å²) in [4.78, 5) is 14.8. The van der Waals surface area contributed by atoms with Gasteiger partial charge in [-0.1, -0.05) is 146 Å². The fraction of sp³-hybridized carbons (Fsp3) is 0.0217. The Labute approximate surface area is 303 Å². The molecule has 0 saturated carbocycles. The molecule has 0 spiro atoms. The van der Waals surface area contributed by atoms with E-state index in [1.807, 2.05) is 115 Å². The Morgan fingerprint density at radius 2 is 0.906 bits per heavy atom. The standard InChI is InChI=1S/C46H29F3N4/c47-46(48,49)36-20-12-19-34(27-36)37-25-24-35(45-51-43(31-15-6-2-7-16-31)50-44(52-45)32-17-8-3-9-18-32)29-41(37)53-40-22-11-10-21-38(40)39-26-23-33(28-42(39)53)30-13-4-1-5-14-30/h1-29H. The van der Waals surface area contributed by atoms with Crippen molar-refractivity contribution >= 4 is 21.8 Å². The maximum atomic E-state index is 14.1. The lowest BCUT2D eigenvalue weighted by Crippen LogP contribution is -2.05. The molecule has 0 saturated heterocycles. The topological polar surface area (TPSA) is 43.6 Å². The number of halogens is 3. The lowest BCUT2D eigenvalue weighted by atomic mass is 9.98. The van der Waals surface area contributed by atoms with Gasteiger partial charge in [0.15, 0.2) is 17.5 Å². The average Bonchev–Trinajstić information content (AvgIpc) is 3.55. The molecule has 0 aliphatic rings. The van der Waals surface area contributed by atoms with E-state index in [1.165, 1.54) is 12.1 Å². The predicted octanol–water partition coefficient (Wildman–Crippen LogP) is 12.3. The van der Waals surface area contributed by atoms with E-state index >= 15 is 0 Å². The van der Waals surface area contributed by atoms with Gasteiger partial charge in [0.25, 0.3) is 0 Å². The van der Waals surface area contributed by atoms with Crippen LogP contribution in [-0.2, 0) is 6.18 Å². The average molecular weight is 695 g/mol. The molecule has 9 rings (SSSR count). The highest BCUT2D eigenvalue weighted by molar-refractivity contribution is 6.10. The number of nitrogens with zero attached hydrogens (tertiary/aromatic N) is 4. The van der Waals surface area contributed by atoms with Gasteiger partial charge in [-0.25, -0.2) is 15.0 Å². The zero-order valence-corrected chi connectivity index (χ0v) is 28.2. The first kappa shape index (κ1) is 32.1. The second-order valence-electron chi connectivity index (χ2n) is 12.8. The van der Waals surface area contributed by atoms with Gasteiger partial charge >= 0.3 is 6.18 Å². The Kier molecular flexibility index (Phi) is 7.89. The van der Waals surface area contributed by atoms with Gasteiger partial charge in [0, 0.05) is 33.0 Å². The number of benzene rings is 7. The molecule has 9 aromatic rings. The van der Waals surface area contributed by atoms with E-state index < -0.39 is 11.7 Å². The van der Waals surface area contributed by atoms with Gasteiger partial charge in [-0.3, -0.25) is 0 Å². The summed E-state index contributed by atoms with van der Waals surface area (Å²) in [6, 6.07) is 55.3. The van der Waals surface area contributed by atoms with Gasteiger partial charge in [0.2, 0.25) is 0 Å². The molecular weight excluding hydrogens is 666 g/mol. The van der Waals surface area contributed by atoms with Crippen LogP contribution in [-0.4, -0.2) is 19.5 Å². The Balaban J connectivity index is 1.34. The minimum absolute atomic E-state index is 0.442. The molecule has 0 bridgehead atoms. The Bertz CT molecular complexity index is 2700. The molecule has 0 fully saturated rings. The van der Waals surface area contributed by atoms with E-state index in [2.05, 4.69) is 41.0 Å². The quantitative estimate of drug-likeness (QED) is 0.174. The van der Waals surface area contributed by atoms with E-state index in [4.69, 9.17) is 15.0 Å². The summed E-state index contributed by atoms with van der Waals surface area (Å²) in [6.45, 7) is 0. The van der Waals surface area contributed by atoms with Gasteiger partial charge < -0.3 is 4.57 Å². The third-order valence-electron chi connectivity index (χ3n) is 9.48. The van der Waals surface area contributed by atoms with Gasteiger partial charge in [0.1, 0.15) is 0 Å². The Morgan fingerprint density at radius 3 is 1.55 bits per heavy atom. The molecule has 0 unspecified atom stereocenters. The molecule has 7 aromatic carbocycles. The molecule has 0 amide bonds. The zero-order chi connectivity index (χ0) is 35.9. The summed E-state index contributed by atoms with van der Waals surface area (Å²) in [5.74, 6) is 1.48. The minimum Gasteiger partial charge on any atom is -0.309 e. The van der Waals surface area contributed by atoms with Gasteiger partial charge in [0.05, 0.1) is 22.3 Å². The van der Waals surface area contributed by atoms with Crippen LogP contribution in [0.5, 0.6) is 0 Å². The molecule has 0 atom stereocenters. The van der Waals surface area contributed by atoms with Crippen LogP contribution in [0.1, 0.15) is 5.56 Å². The van der Waals surface area contributed by atoms with Gasteiger partial charge in [-0.15, -0.1) is 0 Å². The van der Waals surface area contributed by atoms with Crippen LogP contribution >= 0.6 is 0 Å². The molecule has 254 valence electrons. The molecule has 4 nitrogen and oxygen atoms in total. The molecule has 0 N–H and O–H groups in total. The van der Waals surface area contributed by atoms with Crippen LogP contribution in [0.15, 0.2) is 176 Å². The summed E-state index contributed by atoms with van der Waals surface area (Å²) in [7, 11) is 0. The molecule has 2 heterocycles. The number of para-hydroxylation sites is 1. The highest BCUT2D eigenvalue weighted by atomic mass is 19.4. The Hall–Kier alpha value is -6.86. The maximum absolute atomic E-state index is 14.1. The molecule has 7 heteroatoms. The fourth-order valence-corrected chi connectivity index (χ4v) is 6.94. The second kappa shape index (κ2) is 13.0. The van der Waals surface area contributed by atoms with Crippen molar-refractivity contribution in [2.75, 3.05) is 0 Å². The fourth-order valence-electron chi connectivity index (χ4n) is 6.94. The van der Waals surface area contributed by atoms with Crippen molar-refractivity contribution in [3.8, 4) is 62.1 Å². The van der Waals surface area contributed by atoms with Crippen LogP contribution < -0.4 is 0 Å². The van der Waals surface area contributed by atoms with E-state index in [0.29, 0.717) is 39.9 Å². The number of alkyl halides is 3. The zero-order valence-electron chi connectivity index (χ0n) is 28.2. The number of hydrogen-bond acceptors (Lipinski definition) is 3. The number of fused-ring (bicyclic) bond motifs is 3. The number of hydrogen-bond donors (Lipinski definition) is 0. The highest BCUT2D eigenvalue weighted by Gasteiger charge is 2.31. The first-order valence-corrected chi connectivity index (χ1v) is 17.2. The van der Waals surface area contributed by atoms with Gasteiger partial charge in [-0.05, 0) is 47.0 Å². The monoisotopic (exact) mass is 694 g/mol. The number of rotatable bonds is 6. The van der Waals surface area contributed by atoms with E-state index in [9.17, 15) is 13.2 Å². The first-order chi connectivity index (χ1) is 25.9. The molecular formula is C46H29F3N4. The predicted molar refractivity (Wildman–Crippen MR) is 206 cm³/mol. The molecule has 53 heavy (non-hydrogen) atoms. The number of aromatic nitrogens is 4. The smallest absolute Gasteiger partial charge is 0.309 e. The first-order valence-electron chi connectivity index (χ1n) is 17.2. The van der Waals surface area contributed by atoms with Crippen LogP contribution in [0, 0.1) is 0 Å². The van der Waals surface area contributed by atoms with Crippen LogP contribution in [0.3, 0.4) is 0 Å². The highest BCUT2D eigenvalue weighted by Crippen LogP contribution is 2.41. The van der Waals surface area contributed by atoms with Gasteiger partial charge in [-0.2, -0.15) is 13.2 Å².